The first-order valence-electron chi connectivity index (χ1n) is 7.96. The van der Waals surface area contributed by atoms with E-state index in [9.17, 15) is 9.59 Å². The van der Waals surface area contributed by atoms with Gasteiger partial charge in [0.2, 0.25) is 5.91 Å². The molecule has 1 amide bonds. The summed E-state index contributed by atoms with van der Waals surface area (Å²) in [7, 11) is 0. The summed E-state index contributed by atoms with van der Waals surface area (Å²) in [6, 6.07) is 0.0887. The van der Waals surface area contributed by atoms with Gasteiger partial charge in [-0.1, -0.05) is 13.8 Å². The van der Waals surface area contributed by atoms with Crippen molar-refractivity contribution in [2.24, 2.45) is 0 Å². The zero-order valence-electron chi connectivity index (χ0n) is 13.5. The van der Waals surface area contributed by atoms with E-state index in [0.717, 1.165) is 38.9 Å². The number of carbonyl (C=O) groups excluding carboxylic acids is 1. The van der Waals surface area contributed by atoms with Crippen molar-refractivity contribution in [3.8, 4) is 0 Å². The first kappa shape index (κ1) is 17.9. The molecule has 1 heterocycles. The van der Waals surface area contributed by atoms with Crippen molar-refractivity contribution in [3.05, 3.63) is 0 Å². The highest BCUT2D eigenvalue weighted by Gasteiger charge is 2.25. The number of nitrogens with zero attached hydrogens (tertiary/aromatic N) is 2. The lowest BCUT2D eigenvalue weighted by atomic mass is 10.1. The minimum Gasteiger partial charge on any atom is -0.480 e. The maximum absolute atomic E-state index is 12.3. The van der Waals surface area contributed by atoms with E-state index < -0.39 is 5.97 Å². The molecule has 1 unspecified atom stereocenters. The largest absolute Gasteiger partial charge is 0.480 e. The Kier molecular flexibility index (Phi) is 7.67. The Bertz CT molecular complexity index is 345. The van der Waals surface area contributed by atoms with Crippen LogP contribution in [0.1, 0.15) is 40.0 Å². The number of carboxylic acids is 1. The standard InChI is InChI=1S/C15H29N3O3/c1-4-13(5-2)16-15(21)12(3)18-8-6-7-17(9-10-18)11-14(19)20/h12-13H,4-11H2,1-3H3,(H,16,21)(H,19,20). The van der Waals surface area contributed by atoms with Crippen molar-refractivity contribution in [2.45, 2.75) is 52.1 Å². The third-order valence-electron chi connectivity index (χ3n) is 4.24. The molecule has 0 bridgehead atoms. The molecule has 0 spiro atoms. The molecule has 0 aromatic rings. The highest BCUT2D eigenvalue weighted by atomic mass is 16.4. The quantitative estimate of drug-likeness (QED) is 0.726. The van der Waals surface area contributed by atoms with Crippen molar-refractivity contribution in [3.63, 3.8) is 0 Å². The van der Waals surface area contributed by atoms with Crippen molar-refractivity contribution < 1.29 is 14.7 Å². The Balaban J connectivity index is 2.48. The molecule has 2 N–H and O–H groups in total. The first-order valence-corrected chi connectivity index (χ1v) is 7.96. The molecule has 1 saturated heterocycles. The second-order valence-electron chi connectivity index (χ2n) is 5.76. The number of carboxylic acid groups (broad SMARTS) is 1. The Morgan fingerprint density at radius 2 is 1.81 bits per heavy atom. The second kappa shape index (κ2) is 9.00. The summed E-state index contributed by atoms with van der Waals surface area (Å²) in [6.45, 7) is 9.24. The lowest BCUT2D eigenvalue weighted by Crippen LogP contribution is -2.49. The van der Waals surface area contributed by atoms with Gasteiger partial charge in [0.05, 0.1) is 12.6 Å². The minimum absolute atomic E-state index is 0.0791. The molecular formula is C15H29N3O3. The summed E-state index contributed by atoms with van der Waals surface area (Å²) < 4.78 is 0. The van der Waals surface area contributed by atoms with Crippen LogP contribution in [0, 0.1) is 0 Å². The maximum atomic E-state index is 12.3. The fraction of sp³-hybridized carbons (Fsp3) is 0.867. The van der Waals surface area contributed by atoms with Crippen LogP contribution < -0.4 is 5.32 Å². The van der Waals surface area contributed by atoms with Crippen LogP contribution in [0.4, 0.5) is 0 Å². The summed E-state index contributed by atoms with van der Waals surface area (Å²) in [4.78, 5) is 27.1. The smallest absolute Gasteiger partial charge is 0.317 e. The van der Waals surface area contributed by atoms with E-state index in [0.29, 0.717) is 6.54 Å². The van der Waals surface area contributed by atoms with Crippen LogP contribution in [0.25, 0.3) is 0 Å². The predicted octanol–water partition coefficient (Wildman–Crippen LogP) is 0.772. The highest BCUT2D eigenvalue weighted by Crippen LogP contribution is 2.08. The summed E-state index contributed by atoms with van der Waals surface area (Å²) >= 11 is 0. The van der Waals surface area contributed by atoms with E-state index in [1.165, 1.54) is 0 Å². The lowest BCUT2D eigenvalue weighted by Gasteiger charge is -2.28. The van der Waals surface area contributed by atoms with Crippen LogP contribution in [-0.4, -0.2) is 71.6 Å². The van der Waals surface area contributed by atoms with Gasteiger partial charge in [-0.25, -0.2) is 0 Å². The van der Waals surface area contributed by atoms with E-state index in [2.05, 4.69) is 24.1 Å². The fourth-order valence-electron chi connectivity index (χ4n) is 2.71. The third kappa shape index (κ3) is 6.01. The van der Waals surface area contributed by atoms with Gasteiger partial charge in [-0.15, -0.1) is 0 Å². The predicted molar refractivity (Wildman–Crippen MR) is 82.2 cm³/mol. The molecule has 0 aliphatic carbocycles. The fourth-order valence-corrected chi connectivity index (χ4v) is 2.71. The zero-order chi connectivity index (χ0) is 15.8. The van der Waals surface area contributed by atoms with Gasteiger partial charge in [-0.05, 0) is 26.2 Å². The summed E-state index contributed by atoms with van der Waals surface area (Å²) in [6.07, 6.45) is 2.79. The van der Waals surface area contributed by atoms with Gasteiger partial charge in [0, 0.05) is 32.2 Å². The van der Waals surface area contributed by atoms with Gasteiger partial charge in [-0.3, -0.25) is 19.4 Å². The molecule has 6 heteroatoms. The van der Waals surface area contributed by atoms with Gasteiger partial charge in [0.15, 0.2) is 0 Å². The normalized spacial score (nSPS) is 19.2. The minimum atomic E-state index is -0.789. The van der Waals surface area contributed by atoms with Gasteiger partial charge in [0.25, 0.3) is 0 Å². The molecule has 0 aromatic carbocycles. The molecule has 21 heavy (non-hydrogen) atoms. The number of hydrogen-bond acceptors (Lipinski definition) is 4. The van der Waals surface area contributed by atoms with Crippen LogP contribution >= 0.6 is 0 Å². The summed E-state index contributed by atoms with van der Waals surface area (Å²) in [5.74, 6) is -0.710. The van der Waals surface area contributed by atoms with Crippen LogP contribution in [0.3, 0.4) is 0 Å². The Hall–Kier alpha value is -1.14. The number of rotatable bonds is 7. The van der Waals surface area contributed by atoms with Crippen molar-refractivity contribution in [1.82, 2.24) is 15.1 Å². The number of carbonyl (C=O) groups is 2. The van der Waals surface area contributed by atoms with Crippen molar-refractivity contribution in [1.29, 1.82) is 0 Å². The van der Waals surface area contributed by atoms with Crippen molar-refractivity contribution in [2.75, 3.05) is 32.7 Å². The first-order chi connectivity index (χ1) is 9.97. The Morgan fingerprint density at radius 3 is 2.38 bits per heavy atom. The van der Waals surface area contributed by atoms with Gasteiger partial charge in [-0.2, -0.15) is 0 Å². The van der Waals surface area contributed by atoms with E-state index in [1.54, 1.807) is 0 Å². The topological polar surface area (TPSA) is 72.9 Å². The van der Waals surface area contributed by atoms with Gasteiger partial charge in [0.1, 0.15) is 0 Å². The van der Waals surface area contributed by atoms with Crippen LogP contribution in [-0.2, 0) is 9.59 Å². The lowest BCUT2D eigenvalue weighted by molar-refractivity contribution is -0.138. The average molecular weight is 299 g/mol. The van der Waals surface area contributed by atoms with E-state index in [1.807, 2.05) is 11.8 Å². The highest BCUT2D eigenvalue weighted by molar-refractivity contribution is 5.81. The molecule has 1 aliphatic rings. The van der Waals surface area contributed by atoms with E-state index in [4.69, 9.17) is 5.11 Å². The zero-order valence-corrected chi connectivity index (χ0v) is 13.5. The average Bonchev–Trinajstić information content (AvgIpc) is 2.68. The summed E-state index contributed by atoms with van der Waals surface area (Å²) in [5.41, 5.74) is 0. The molecule has 0 radical (unpaired) electrons. The molecule has 0 aromatic heterocycles. The second-order valence-corrected chi connectivity index (χ2v) is 5.76. The third-order valence-corrected chi connectivity index (χ3v) is 4.24. The van der Waals surface area contributed by atoms with E-state index in [-0.39, 0.29) is 24.5 Å². The van der Waals surface area contributed by atoms with Gasteiger partial charge >= 0.3 is 5.97 Å². The molecule has 122 valence electrons. The maximum Gasteiger partial charge on any atom is 0.317 e. The Labute approximate surface area is 127 Å². The van der Waals surface area contributed by atoms with Gasteiger partial charge < -0.3 is 10.4 Å². The molecular weight excluding hydrogens is 270 g/mol. The molecule has 1 aliphatic heterocycles. The number of aliphatic carboxylic acids is 1. The van der Waals surface area contributed by atoms with Crippen LogP contribution in [0.5, 0.6) is 0 Å². The van der Waals surface area contributed by atoms with Crippen LogP contribution in [0.2, 0.25) is 0 Å². The number of nitrogens with one attached hydrogen (secondary N) is 1. The molecule has 0 saturated carbocycles. The van der Waals surface area contributed by atoms with E-state index >= 15 is 0 Å². The molecule has 1 fully saturated rings. The molecule has 6 nitrogen and oxygen atoms in total. The Morgan fingerprint density at radius 1 is 1.14 bits per heavy atom. The SMILES string of the molecule is CCC(CC)NC(=O)C(C)N1CCCN(CC(=O)O)CC1. The monoisotopic (exact) mass is 299 g/mol. The van der Waals surface area contributed by atoms with Crippen molar-refractivity contribution >= 4 is 11.9 Å². The molecule has 1 atom stereocenters. The number of hydrogen-bond donors (Lipinski definition) is 2. The molecule has 1 rings (SSSR count). The van der Waals surface area contributed by atoms with Crippen LogP contribution in [0.15, 0.2) is 0 Å². The number of amides is 1. The summed E-state index contributed by atoms with van der Waals surface area (Å²) in [5, 5.41) is 11.9.